The number of pyridine rings is 1. The number of primary amides is 1. The lowest BCUT2D eigenvalue weighted by atomic mass is 10.0. The van der Waals surface area contributed by atoms with Crippen LogP contribution in [0.2, 0.25) is 0 Å². The molecule has 0 bridgehead atoms. The van der Waals surface area contributed by atoms with E-state index in [-0.39, 0.29) is 24.0 Å². The van der Waals surface area contributed by atoms with Gasteiger partial charge in [0.1, 0.15) is 12.4 Å². The Kier molecular flexibility index (Phi) is 4.97. The fraction of sp³-hybridized carbons (Fsp3) is 0.421. The van der Waals surface area contributed by atoms with Gasteiger partial charge in [-0.2, -0.15) is 0 Å². The van der Waals surface area contributed by atoms with Gasteiger partial charge in [0.2, 0.25) is 11.8 Å². The molecule has 26 heavy (non-hydrogen) atoms. The Labute approximate surface area is 151 Å². The van der Waals surface area contributed by atoms with Crippen molar-refractivity contribution in [1.82, 2.24) is 10.3 Å². The van der Waals surface area contributed by atoms with Crippen LogP contribution >= 0.6 is 0 Å². The Bertz CT molecular complexity index is 850. The SMILES string of the molecule is CC(C)Oc1cc2c(OC[C@H]3NC(=O)C[C@H]3C)nccc2cc1C(N)=O. The molecule has 7 heteroatoms. The molecule has 2 amide bonds. The van der Waals surface area contributed by atoms with Gasteiger partial charge in [-0.15, -0.1) is 0 Å². The third-order valence-corrected chi connectivity index (χ3v) is 4.40. The van der Waals surface area contributed by atoms with Crippen molar-refractivity contribution in [2.75, 3.05) is 6.61 Å². The van der Waals surface area contributed by atoms with Gasteiger partial charge in [0.25, 0.3) is 5.91 Å². The maximum Gasteiger partial charge on any atom is 0.252 e. The third-order valence-electron chi connectivity index (χ3n) is 4.40. The van der Waals surface area contributed by atoms with Gasteiger partial charge in [0, 0.05) is 18.0 Å². The van der Waals surface area contributed by atoms with E-state index in [1.54, 1.807) is 24.4 Å². The molecule has 2 atom stereocenters. The zero-order chi connectivity index (χ0) is 18.8. The zero-order valence-electron chi connectivity index (χ0n) is 15.1. The molecule has 2 aromatic rings. The van der Waals surface area contributed by atoms with E-state index in [0.29, 0.717) is 30.2 Å². The van der Waals surface area contributed by atoms with Crippen molar-refractivity contribution in [3.63, 3.8) is 0 Å². The van der Waals surface area contributed by atoms with Gasteiger partial charge in [-0.05, 0) is 43.4 Å². The van der Waals surface area contributed by atoms with Crippen molar-refractivity contribution in [3.8, 4) is 11.6 Å². The van der Waals surface area contributed by atoms with Gasteiger partial charge in [0.15, 0.2) is 0 Å². The fourth-order valence-corrected chi connectivity index (χ4v) is 3.05. The van der Waals surface area contributed by atoms with E-state index >= 15 is 0 Å². The first-order valence-corrected chi connectivity index (χ1v) is 8.66. The Morgan fingerprint density at radius 2 is 2.19 bits per heavy atom. The Balaban J connectivity index is 1.93. The number of amides is 2. The molecule has 0 aliphatic carbocycles. The molecule has 1 saturated heterocycles. The van der Waals surface area contributed by atoms with E-state index in [1.807, 2.05) is 20.8 Å². The number of benzene rings is 1. The molecular weight excluding hydrogens is 334 g/mol. The number of nitrogens with two attached hydrogens (primary N) is 1. The van der Waals surface area contributed by atoms with Gasteiger partial charge in [-0.25, -0.2) is 4.98 Å². The second-order valence-corrected chi connectivity index (χ2v) is 6.88. The van der Waals surface area contributed by atoms with E-state index in [2.05, 4.69) is 10.3 Å². The van der Waals surface area contributed by atoms with Crippen LogP contribution in [0.15, 0.2) is 24.4 Å². The molecule has 1 aliphatic rings. The van der Waals surface area contributed by atoms with Gasteiger partial charge >= 0.3 is 0 Å². The van der Waals surface area contributed by atoms with Crippen molar-refractivity contribution in [2.45, 2.75) is 39.3 Å². The van der Waals surface area contributed by atoms with Crippen molar-refractivity contribution in [1.29, 1.82) is 0 Å². The van der Waals surface area contributed by atoms with Gasteiger partial charge in [-0.3, -0.25) is 9.59 Å². The van der Waals surface area contributed by atoms with Crippen molar-refractivity contribution in [3.05, 3.63) is 30.0 Å². The minimum atomic E-state index is -0.552. The van der Waals surface area contributed by atoms with Crippen molar-refractivity contribution >= 4 is 22.6 Å². The van der Waals surface area contributed by atoms with Gasteiger partial charge < -0.3 is 20.5 Å². The highest BCUT2D eigenvalue weighted by molar-refractivity contribution is 6.01. The van der Waals surface area contributed by atoms with Crippen LogP contribution in [0.1, 0.15) is 37.6 Å². The molecule has 7 nitrogen and oxygen atoms in total. The maximum absolute atomic E-state index is 11.8. The predicted octanol–water partition coefficient (Wildman–Crippen LogP) is 2.02. The maximum atomic E-state index is 11.8. The number of rotatable bonds is 6. The normalized spacial score (nSPS) is 19.6. The summed E-state index contributed by atoms with van der Waals surface area (Å²) in [6.45, 7) is 6.09. The number of nitrogens with zero attached hydrogens (tertiary/aromatic N) is 1. The minimum Gasteiger partial charge on any atom is -0.490 e. The highest BCUT2D eigenvalue weighted by Crippen LogP contribution is 2.31. The van der Waals surface area contributed by atoms with Crippen molar-refractivity contribution in [2.24, 2.45) is 11.7 Å². The average Bonchev–Trinajstić information content (AvgIpc) is 2.89. The Hall–Kier alpha value is -2.83. The highest BCUT2D eigenvalue weighted by atomic mass is 16.5. The summed E-state index contributed by atoms with van der Waals surface area (Å²) in [5.74, 6) is 0.527. The summed E-state index contributed by atoms with van der Waals surface area (Å²) in [6.07, 6.45) is 2.01. The van der Waals surface area contributed by atoms with Gasteiger partial charge in [0.05, 0.1) is 17.7 Å². The number of aromatic nitrogens is 1. The van der Waals surface area contributed by atoms with E-state index < -0.39 is 5.91 Å². The number of nitrogens with one attached hydrogen (secondary N) is 1. The molecule has 1 aliphatic heterocycles. The van der Waals surface area contributed by atoms with Crippen LogP contribution in [-0.2, 0) is 4.79 Å². The monoisotopic (exact) mass is 357 g/mol. The molecule has 1 fully saturated rings. The molecular formula is C19H23N3O4. The molecule has 3 rings (SSSR count). The summed E-state index contributed by atoms with van der Waals surface area (Å²) in [5, 5.41) is 4.41. The largest absolute Gasteiger partial charge is 0.490 e. The number of carbonyl (C=O) groups is 2. The lowest BCUT2D eigenvalue weighted by molar-refractivity contribution is -0.119. The quantitative estimate of drug-likeness (QED) is 0.823. The average molecular weight is 357 g/mol. The van der Waals surface area contributed by atoms with Crippen LogP contribution in [0.25, 0.3) is 10.8 Å². The fourth-order valence-electron chi connectivity index (χ4n) is 3.05. The van der Waals surface area contributed by atoms with Crippen LogP contribution in [0, 0.1) is 5.92 Å². The van der Waals surface area contributed by atoms with Crippen LogP contribution in [0.4, 0.5) is 0 Å². The van der Waals surface area contributed by atoms with Gasteiger partial charge in [-0.1, -0.05) is 6.92 Å². The summed E-state index contributed by atoms with van der Waals surface area (Å²) < 4.78 is 11.6. The number of fused-ring (bicyclic) bond motifs is 1. The van der Waals surface area contributed by atoms with Crippen LogP contribution < -0.4 is 20.5 Å². The smallest absolute Gasteiger partial charge is 0.252 e. The first-order chi connectivity index (χ1) is 12.3. The number of hydrogen-bond donors (Lipinski definition) is 2. The second-order valence-electron chi connectivity index (χ2n) is 6.88. The predicted molar refractivity (Wildman–Crippen MR) is 97.2 cm³/mol. The topological polar surface area (TPSA) is 104 Å². The van der Waals surface area contributed by atoms with E-state index in [0.717, 1.165) is 10.8 Å². The molecule has 1 aromatic carbocycles. The standard InChI is InChI=1S/C19H23N3O4/c1-10(2)26-16-8-13-12(7-14(16)18(20)24)4-5-21-19(13)25-9-15-11(3)6-17(23)22-15/h4-5,7-8,10-11,15H,6,9H2,1-3H3,(H2,20,24)(H,22,23)/t11-,15-/m1/s1. The molecule has 3 N–H and O–H groups in total. The molecule has 0 radical (unpaired) electrons. The Morgan fingerprint density at radius 3 is 2.81 bits per heavy atom. The van der Waals surface area contributed by atoms with E-state index in [1.165, 1.54) is 0 Å². The van der Waals surface area contributed by atoms with E-state index in [9.17, 15) is 9.59 Å². The zero-order valence-corrected chi connectivity index (χ0v) is 15.1. The molecule has 0 unspecified atom stereocenters. The van der Waals surface area contributed by atoms with Crippen LogP contribution in [0.3, 0.4) is 0 Å². The number of hydrogen-bond acceptors (Lipinski definition) is 5. The summed E-state index contributed by atoms with van der Waals surface area (Å²) in [5.41, 5.74) is 5.80. The highest BCUT2D eigenvalue weighted by Gasteiger charge is 2.29. The molecule has 0 saturated carbocycles. The lowest BCUT2D eigenvalue weighted by Crippen LogP contribution is -2.34. The molecule has 138 valence electrons. The second kappa shape index (κ2) is 7.19. The third kappa shape index (κ3) is 3.71. The first kappa shape index (κ1) is 18.0. The summed E-state index contributed by atoms with van der Waals surface area (Å²) in [4.78, 5) is 27.5. The van der Waals surface area contributed by atoms with Crippen LogP contribution in [0.5, 0.6) is 11.6 Å². The Morgan fingerprint density at radius 1 is 1.42 bits per heavy atom. The number of carbonyl (C=O) groups excluding carboxylic acids is 2. The summed E-state index contributed by atoms with van der Waals surface area (Å²) in [6, 6.07) is 5.15. The minimum absolute atomic E-state index is 0.0377. The van der Waals surface area contributed by atoms with Crippen LogP contribution in [-0.4, -0.2) is 35.6 Å². The number of ether oxygens (including phenoxy) is 2. The van der Waals surface area contributed by atoms with Crippen molar-refractivity contribution < 1.29 is 19.1 Å². The molecule has 1 aromatic heterocycles. The summed E-state index contributed by atoms with van der Waals surface area (Å²) >= 11 is 0. The van der Waals surface area contributed by atoms with E-state index in [4.69, 9.17) is 15.2 Å². The summed E-state index contributed by atoms with van der Waals surface area (Å²) in [7, 11) is 0. The molecule has 0 spiro atoms. The first-order valence-electron chi connectivity index (χ1n) is 8.66. The lowest BCUT2D eigenvalue weighted by Gasteiger charge is -2.18. The molecule has 2 heterocycles.